The van der Waals surface area contributed by atoms with Gasteiger partial charge in [0.05, 0.1) is 7.11 Å². The molecule has 1 saturated carbocycles. The summed E-state index contributed by atoms with van der Waals surface area (Å²) in [6.07, 6.45) is 2.42. The molecular formula is C11H14O2. The average molecular weight is 178 g/mol. The number of phenolic OH excluding ortho intramolecular Hbond substituents is 1. The number of benzene rings is 1. The van der Waals surface area contributed by atoms with Crippen LogP contribution in [0.2, 0.25) is 0 Å². The summed E-state index contributed by atoms with van der Waals surface area (Å²) in [6.45, 7) is 1.89. The highest BCUT2D eigenvalue weighted by molar-refractivity contribution is 5.50. The van der Waals surface area contributed by atoms with E-state index in [1.54, 1.807) is 7.11 Å². The van der Waals surface area contributed by atoms with Gasteiger partial charge in [0.25, 0.3) is 0 Å². The van der Waals surface area contributed by atoms with Gasteiger partial charge in [-0.1, -0.05) is 6.07 Å². The van der Waals surface area contributed by atoms with Crippen molar-refractivity contribution in [1.82, 2.24) is 0 Å². The molecule has 1 aromatic carbocycles. The lowest BCUT2D eigenvalue weighted by atomic mass is 10.1. The van der Waals surface area contributed by atoms with E-state index in [9.17, 15) is 5.11 Å². The van der Waals surface area contributed by atoms with Crippen LogP contribution in [0.25, 0.3) is 0 Å². The highest BCUT2D eigenvalue weighted by atomic mass is 16.5. The summed E-state index contributed by atoms with van der Waals surface area (Å²) in [5, 5.41) is 9.84. The zero-order valence-electron chi connectivity index (χ0n) is 8.00. The van der Waals surface area contributed by atoms with Crippen molar-refractivity contribution in [2.45, 2.75) is 25.7 Å². The predicted octanol–water partition coefficient (Wildman–Crippen LogP) is 2.59. The molecule has 0 saturated heterocycles. The van der Waals surface area contributed by atoms with Crippen LogP contribution in [0, 0.1) is 6.92 Å². The van der Waals surface area contributed by atoms with Gasteiger partial charge in [-0.25, -0.2) is 0 Å². The Morgan fingerprint density at radius 2 is 2.08 bits per heavy atom. The maximum atomic E-state index is 9.84. The standard InChI is InChI=1S/C11H14O2/c1-7-10(13-2)6-5-9(11(7)12)8-3-4-8/h5-6,8,12H,3-4H2,1-2H3. The molecule has 0 radical (unpaired) electrons. The monoisotopic (exact) mass is 178 g/mol. The molecule has 0 amide bonds. The van der Waals surface area contributed by atoms with Gasteiger partial charge in [0.2, 0.25) is 0 Å². The fourth-order valence-electron chi connectivity index (χ4n) is 1.65. The summed E-state index contributed by atoms with van der Waals surface area (Å²) in [4.78, 5) is 0. The lowest BCUT2D eigenvalue weighted by molar-refractivity contribution is 0.401. The van der Waals surface area contributed by atoms with Crippen molar-refractivity contribution in [3.05, 3.63) is 23.3 Å². The second kappa shape index (κ2) is 2.95. The SMILES string of the molecule is COc1ccc(C2CC2)c(O)c1C. The maximum absolute atomic E-state index is 9.84. The second-order valence-electron chi connectivity index (χ2n) is 3.60. The number of hydrogen-bond donors (Lipinski definition) is 1. The topological polar surface area (TPSA) is 29.5 Å². The summed E-state index contributed by atoms with van der Waals surface area (Å²) < 4.78 is 5.12. The van der Waals surface area contributed by atoms with Crippen LogP contribution in [0.5, 0.6) is 11.5 Å². The predicted molar refractivity (Wildman–Crippen MR) is 51.4 cm³/mol. The van der Waals surface area contributed by atoms with E-state index in [1.165, 1.54) is 12.8 Å². The minimum absolute atomic E-state index is 0.418. The summed E-state index contributed by atoms with van der Waals surface area (Å²) in [6, 6.07) is 3.90. The van der Waals surface area contributed by atoms with Crippen LogP contribution in [-0.4, -0.2) is 12.2 Å². The minimum Gasteiger partial charge on any atom is -0.507 e. The van der Waals surface area contributed by atoms with Crippen molar-refractivity contribution in [3.63, 3.8) is 0 Å². The number of hydrogen-bond acceptors (Lipinski definition) is 2. The molecule has 0 unspecified atom stereocenters. The Morgan fingerprint density at radius 1 is 1.38 bits per heavy atom. The van der Waals surface area contributed by atoms with Gasteiger partial charge in [0.15, 0.2) is 0 Å². The molecule has 0 aliphatic heterocycles. The third-order valence-electron chi connectivity index (χ3n) is 2.65. The summed E-state index contributed by atoms with van der Waals surface area (Å²) >= 11 is 0. The molecule has 1 fully saturated rings. The largest absolute Gasteiger partial charge is 0.507 e. The lowest BCUT2D eigenvalue weighted by Crippen LogP contribution is -1.90. The van der Waals surface area contributed by atoms with Crippen LogP contribution < -0.4 is 4.74 Å². The van der Waals surface area contributed by atoms with E-state index in [1.807, 2.05) is 19.1 Å². The van der Waals surface area contributed by atoms with Crippen molar-refractivity contribution < 1.29 is 9.84 Å². The van der Waals surface area contributed by atoms with Crippen LogP contribution in [0.3, 0.4) is 0 Å². The number of phenols is 1. The van der Waals surface area contributed by atoms with E-state index in [4.69, 9.17) is 4.74 Å². The first-order chi connectivity index (χ1) is 6.24. The minimum atomic E-state index is 0.418. The Morgan fingerprint density at radius 3 is 2.62 bits per heavy atom. The molecule has 0 spiro atoms. The number of ether oxygens (including phenoxy) is 1. The molecule has 1 N–H and O–H groups in total. The van der Waals surface area contributed by atoms with E-state index in [2.05, 4.69) is 0 Å². The molecule has 70 valence electrons. The van der Waals surface area contributed by atoms with Crippen molar-refractivity contribution in [1.29, 1.82) is 0 Å². The Bertz CT molecular complexity index is 327. The van der Waals surface area contributed by atoms with E-state index >= 15 is 0 Å². The molecule has 0 atom stereocenters. The molecule has 0 heterocycles. The molecule has 0 aromatic heterocycles. The fraction of sp³-hybridized carbons (Fsp3) is 0.455. The van der Waals surface area contributed by atoms with Gasteiger partial charge < -0.3 is 9.84 Å². The van der Waals surface area contributed by atoms with Gasteiger partial charge in [-0.05, 0) is 37.3 Å². The number of rotatable bonds is 2. The molecule has 2 nitrogen and oxygen atoms in total. The number of aromatic hydroxyl groups is 1. The molecule has 2 rings (SSSR count). The zero-order valence-corrected chi connectivity index (χ0v) is 8.00. The van der Waals surface area contributed by atoms with Crippen LogP contribution in [0.4, 0.5) is 0 Å². The fourth-order valence-corrected chi connectivity index (χ4v) is 1.65. The van der Waals surface area contributed by atoms with E-state index in [0.29, 0.717) is 11.7 Å². The van der Waals surface area contributed by atoms with Gasteiger partial charge in [-0.2, -0.15) is 0 Å². The van der Waals surface area contributed by atoms with Crippen molar-refractivity contribution >= 4 is 0 Å². The van der Waals surface area contributed by atoms with Crippen molar-refractivity contribution in [3.8, 4) is 11.5 Å². The molecule has 13 heavy (non-hydrogen) atoms. The normalized spacial score (nSPS) is 15.8. The Hall–Kier alpha value is -1.18. The summed E-state index contributed by atoms with van der Waals surface area (Å²) in [5.74, 6) is 1.77. The quantitative estimate of drug-likeness (QED) is 0.754. The van der Waals surface area contributed by atoms with Crippen LogP contribution in [0.15, 0.2) is 12.1 Å². The maximum Gasteiger partial charge on any atom is 0.125 e. The van der Waals surface area contributed by atoms with Crippen LogP contribution >= 0.6 is 0 Å². The third-order valence-corrected chi connectivity index (χ3v) is 2.65. The average Bonchev–Trinajstić information content (AvgIpc) is 2.93. The molecule has 1 aliphatic rings. The van der Waals surface area contributed by atoms with Gasteiger partial charge >= 0.3 is 0 Å². The molecule has 2 heteroatoms. The second-order valence-corrected chi connectivity index (χ2v) is 3.60. The van der Waals surface area contributed by atoms with E-state index in [0.717, 1.165) is 16.9 Å². The van der Waals surface area contributed by atoms with Crippen molar-refractivity contribution in [2.75, 3.05) is 7.11 Å². The third kappa shape index (κ3) is 1.37. The first-order valence-electron chi connectivity index (χ1n) is 4.60. The zero-order chi connectivity index (χ0) is 9.42. The molecule has 1 aromatic rings. The highest BCUT2D eigenvalue weighted by Crippen LogP contribution is 2.46. The van der Waals surface area contributed by atoms with Gasteiger partial charge in [0, 0.05) is 5.56 Å². The Labute approximate surface area is 78.2 Å². The van der Waals surface area contributed by atoms with Crippen LogP contribution in [0.1, 0.15) is 29.9 Å². The van der Waals surface area contributed by atoms with Crippen LogP contribution in [-0.2, 0) is 0 Å². The molecular weight excluding hydrogens is 164 g/mol. The van der Waals surface area contributed by atoms with E-state index < -0.39 is 0 Å². The van der Waals surface area contributed by atoms with Gasteiger partial charge in [-0.3, -0.25) is 0 Å². The Kier molecular flexibility index (Phi) is 1.91. The van der Waals surface area contributed by atoms with E-state index in [-0.39, 0.29) is 0 Å². The first kappa shape index (κ1) is 8.42. The van der Waals surface area contributed by atoms with Gasteiger partial charge in [0.1, 0.15) is 11.5 Å². The highest BCUT2D eigenvalue weighted by Gasteiger charge is 2.27. The number of methoxy groups -OCH3 is 1. The van der Waals surface area contributed by atoms with Gasteiger partial charge in [-0.15, -0.1) is 0 Å². The summed E-state index contributed by atoms with van der Waals surface area (Å²) in [7, 11) is 1.62. The summed E-state index contributed by atoms with van der Waals surface area (Å²) in [5.41, 5.74) is 1.94. The molecule has 1 aliphatic carbocycles. The Balaban J connectivity index is 2.44. The first-order valence-corrected chi connectivity index (χ1v) is 4.60. The smallest absolute Gasteiger partial charge is 0.125 e. The molecule has 0 bridgehead atoms. The van der Waals surface area contributed by atoms with Crippen molar-refractivity contribution in [2.24, 2.45) is 0 Å². The lowest BCUT2D eigenvalue weighted by Gasteiger charge is -2.09.